The lowest BCUT2D eigenvalue weighted by atomic mass is 9.73. The molecule has 4 N–H and O–H groups in total. The minimum atomic E-state index is -3.36. The van der Waals surface area contributed by atoms with Crippen molar-refractivity contribution in [2.75, 3.05) is 31.6 Å². The van der Waals surface area contributed by atoms with Gasteiger partial charge in [0.1, 0.15) is 15.4 Å². The topological polar surface area (TPSA) is 171 Å². The minimum Gasteiger partial charge on any atom is -0.349 e. The fourth-order valence-corrected chi connectivity index (χ4v) is 8.06. The molecule has 3 aliphatic rings. The molecule has 3 rings (SSSR count). The Hall–Kier alpha value is -2.96. The highest BCUT2D eigenvalue weighted by molar-refractivity contribution is 7.90. The number of amides is 5. The number of ketones is 1. The summed E-state index contributed by atoms with van der Waals surface area (Å²) in [5.41, 5.74) is -2.72. The second kappa shape index (κ2) is 14.0. The Morgan fingerprint density at radius 2 is 1.66 bits per heavy atom. The second-order valence-electron chi connectivity index (χ2n) is 14.0. The van der Waals surface area contributed by atoms with Gasteiger partial charge in [0.15, 0.2) is 0 Å². The third-order valence-electron chi connectivity index (χ3n) is 9.78. The average Bonchev–Trinajstić information content (AvgIpc) is 3.73. The molecule has 2 saturated carbocycles. The van der Waals surface area contributed by atoms with Gasteiger partial charge in [0.2, 0.25) is 17.6 Å². The smallest absolute Gasteiger partial charge is 0.315 e. The summed E-state index contributed by atoms with van der Waals surface area (Å²) < 4.78 is 24.2. The van der Waals surface area contributed by atoms with Gasteiger partial charge in [0.05, 0.1) is 23.9 Å². The molecule has 3 unspecified atom stereocenters. The molecule has 44 heavy (non-hydrogen) atoms. The van der Waals surface area contributed by atoms with Gasteiger partial charge in [-0.1, -0.05) is 59.0 Å². The number of rotatable bonds is 14. The number of carbonyl (C=O) groups is 5. The summed E-state index contributed by atoms with van der Waals surface area (Å²) in [5.74, 6) is -2.76. The van der Waals surface area contributed by atoms with Crippen molar-refractivity contribution in [1.29, 1.82) is 0 Å². The van der Waals surface area contributed by atoms with Crippen molar-refractivity contribution in [3.63, 3.8) is 0 Å². The summed E-state index contributed by atoms with van der Waals surface area (Å²) in [5, 5.41) is 10.8. The van der Waals surface area contributed by atoms with Crippen LogP contribution in [0.25, 0.3) is 0 Å². The van der Waals surface area contributed by atoms with Crippen LogP contribution < -0.4 is 21.3 Å². The first-order valence-electron chi connectivity index (χ1n) is 15.7. The van der Waals surface area contributed by atoms with Crippen molar-refractivity contribution in [2.45, 2.75) is 103 Å². The first kappa shape index (κ1) is 35.5. The monoisotopic (exact) mass is 637 g/mol. The van der Waals surface area contributed by atoms with Crippen LogP contribution in [0.2, 0.25) is 0 Å². The molecule has 0 bridgehead atoms. The van der Waals surface area contributed by atoms with E-state index in [1.807, 2.05) is 20.8 Å². The molecule has 248 valence electrons. The minimum absolute atomic E-state index is 0.176. The maximum Gasteiger partial charge on any atom is 0.315 e. The highest BCUT2D eigenvalue weighted by Gasteiger charge is 2.58. The average molecular weight is 638 g/mol. The van der Waals surface area contributed by atoms with E-state index >= 15 is 0 Å². The maximum atomic E-state index is 14.0. The number of sulfone groups is 1. The van der Waals surface area contributed by atoms with Crippen LogP contribution >= 0.6 is 0 Å². The van der Waals surface area contributed by atoms with E-state index in [2.05, 4.69) is 27.8 Å². The fourth-order valence-electron chi connectivity index (χ4n) is 6.70. The highest BCUT2D eigenvalue weighted by atomic mass is 32.2. The van der Waals surface area contributed by atoms with Crippen LogP contribution in [0.5, 0.6) is 0 Å². The fraction of sp³-hybridized carbons (Fsp3) is 0.774. The Labute approximate surface area is 261 Å². The Kier molecular flexibility index (Phi) is 11.3. The van der Waals surface area contributed by atoms with E-state index in [9.17, 15) is 32.4 Å². The summed E-state index contributed by atoms with van der Waals surface area (Å²) in [6.07, 6.45) is 9.08. The molecule has 5 amide bonds. The first-order chi connectivity index (χ1) is 20.4. The van der Waals surface area contributed by atoms with Gasteiger partial charge in [0, 0.05) is 19.3 Å². The largest absolute Gasteiger partial charge is 0.349 e. The first-order valence-corrected chi connectivity index (χ1v) is 17.8. The number of carbonyl (C=O) groups excluding carboxylic acids is 5. The molecule has 3 atom stereocenters. The number of hydrogen-bond donors (Lipinski definition) is 4. The molecule has 0 aromatic heterocycles. The lowest BCUT2D eigenvalue weighted by Gasteiger charge is -2.39. The predicted octanol–water partition coefficient (Wildman–Crippen LogP) is 1.84. The number of nitrogens with zero attached hydrogens (tertiary/aromatic N) is 1. The van der Waals surface area contributed by atoms with Crippen molar-refractivity contribution in [1.82, 2.24) is 26.2 Å². The lowest BCUT2D eigenvalue weighted by Crippen LogP contribution is -2.63. The number of nitrogens with one attached hydrogen (secondary N) is 4. The van der Waals surface area contributed by atoms with Gasteiger partial charge in [-0.25, -0.2) is 13.2 Å². The quantitative estimate of drug-likeness (QED) is 0.128. The molecule has 0 aromatic carbocycles. The number of hydrogen-bond acceptors (Lipinski definition) is 7. The van der Waals surface area contributed by atoms with Crippen molar-refractivity contribution < 1.29 is 32.4 Å². The second-order valence-corrected chi connectivity index (χ2v) is 16.1. The zero-order valence-corrected chi connectivity index (χ0v) is 27.7. The van der Waals surface area contributed by atoms with Crippen molar-refractivity contribution in [3.05, 3.63) is 12.7 Å². The van der Waals surface area contributed by atoms with E-state index in [4.69, 9.17) is 0 Å². The normalized spacial score (nSPS) is 24.9. The van der Waals surface area contributed by atoms with E-state index in [1.165, 1.54) is 4.90 Å². The van der Waals surface area contributed by atoms with E-state index in [0.717, 1.165) is 38.4 Å². The predicted molar refractivity (Wildman–Crippen MR) is 167 cm³/mol. The van der Waals surface area contributed by atoms with Crippen LogP contribution in [-0.4, -0.2) is 91.6 Å². The number of Topliss-reactive ketones (excluding diaryl/α,β-unsaturated/α-hetero) is 1. The Morgan fingerprint density at radius 3 is 2.23 bits per heavy atom. The third-order valence-corrected chi connectivity index (χ3v) is 10.9. The molecule has 0 radical (unpaired) electrons. The van der Waals surface area contributed by atoms with Gasteiger partial charge in [-0.2, -0.15) is 0 Å². The van der Waals surface area contributed by atoms with Gasteiger partial charge < -0.3 is 26.2 Å². The van der Waals surface area contributed by atoms with E-state index in [0.29, 0.717) is 25.7 Å². The lowest BCUT2D eigenvalue weighted by molar-refractivity contribution is -0.147. The van der Waals surface area contributed by atoms with Crippen LogP contribution in [0.1, 0.15) is 85.5 Å². The third kappa shape index (κ3) is 8.82. The van der Waals surface area contributed by atoms with Gasteiger partial charge in [-0.15, -0.1) is 6.58 Å². The molecule has 1 saturated heterocycles. The summed E-state index contributed by atoms with van der Waals surface area (Å²) in [6, 6.07) is -1.66. The molecule has 3 fully saturated rings. The van der Waals surface area contributed by atoms with Crippen LogP contribution in [0.3, 0.4) is 0 Å². The molecular formula is C31H51N5O7S. The molecule has 1 heterocycles. The summed E-state index contributed by atoms with van der Waals surface area (Å²) in [6.45, 7) is 11.2. The summed E-state index contributed by atoms with van der Waals surface area (Å²) >= 11 is 0. The van der Waals surface area contributed by atoms with Crippen LogP contribution in [0.15, 0.2) is 12.7 Å². The Balaban J connectivity index is 1.73. The van der Waals surface area contributed by atoms with Crippen LogP contribution in [0.4, 0.5) is 4.79 Å². The van der Waals surface area contributed by atoms with Gasteiger partial charge in [-0.05, 0) is 49.9 Å². The van der Waals surface area contributed by atoms with Gasteiger partial charge in [-0.3, -0.25) is 19.2 Å². The summed E-state index contributed by atoms with van der Waals surface area (Å²) in [4.78, 5) is 67.7. The maximum absolute atomic E-state index is 14.0. The van der Waals surface area contributed by atoms with Gasteiger partial charge in [0.25, 0.3) is 5.91 Å². The van der Waals surface area contributed by atoms with Crippen LogP contribution in [0, 0.1) is 17.3 Å². The molecule has 12 nitrogen and oxygen atoms in total. The molecule has 0 spiro atoms. The van der Waals surface area contributed by atoms with E-state index < -0.39 is 68.5 Å². The SMILES string of the molecule is C=CCCNC(=O)C(=O)C(CC1CC1)NC(=O)C1(C)C(C)C(C)(C)CN1C(=O)CNC(=O)NC1(CS(C)(=O)=O)CCCCC1. The van der Waals surface area contributed by atoms with Crippen molar-refractivity contribution in [2.24, 2.45) is 17.3 Å². The Morgan fingerprint density at radius 1 is 1.02 bits per heavy atom. The van der Waals surface area contributed by atoms with E-state index in [1.54, 1.807) is 13.0 Å². The van der Waals surface area contributed by atoms with Crippen molar-refractivity contribution >= 4 is 39.4 Å². The molecular weight excluding hydrogens is 586 g/mol. The van der Waals surface area contributed by atoms with Crippen molar-refractivity contribution in [3.8, 4) is 0 Å². The number of likely N-dealkylation sites (tertiary alicyclic amines) is 1. The van der Waals surface area contributed by atoms with Gasteiger partial charge >= 0.3 is 6.03 Å². The molecule has 1 aliphatic heterocycles. The summed E-state index contributed by atoms with van der Waals surface area (Å²) in [7, 11) is -3.36. The molecule has 0 aromatic rings. The Bertz CT molecular complexity index is 1240. The zero-order valence-electron chi connectivity index (χ0n) is 26.9. The van der Waals surface area contributed by atoms with Crippen LogP contribution in [-0.2, 0) is 29.0 Å². The van der Waals surface area contributed by atoms with E-state index in [-0.39, 0.29) is 30.7 Å². The number of urea groups is 1. The highest BCUT2D eigenvalue weighted by Crippen LogP contribution is 2.47. The molecule has 13 heteroatoms. The standard InChI is InChI=1S/C31H51N5O7S/c1-7-8-16-32-26(39)25(38)23(17-22-12-13-22)34-27(40)30(5)21(2)29(3,4)19-36(30)24(37)18-33-28(41)35-31(20-44(6,42)43)14-10-9-11-15-31/h7,21-23H,1,8-20H2,2-6H3,(H,32,39)(H,34,40)(H2,33,35,41). The zero-order chi connectivity index (χ0) is 32.9. The molecule has 2 aliphatic carbocycles.